The highest BCUT2D eigenvalue weighted by atomic mass is 19.1. The number of Topliss-reactive ketones (excluding diaryl/α,β-unsaturated/α-hetero) is 1. The van der Waals surface area contributed by atoms with Gasteiger partial charge in [0, 0.05) is 40.9 Å². The molecule has 4 rings (SSSR count). The third-order valence-electron chi connectivity index (χ3n) is 4.97. The van der Waals surface area contributed by atoms with Crippen molar-refractivity contribution in [2.24, 2.45) is 0 Å². The number of nitrogen functional groups attached to an aromatic ring is 1. The van der Waals surface area contributed by atoms with Crippen LogP contribution >= 0.6 is 0 Å². The maximum atomic E-state index is 14.6. The molecule has 1 aromatic heterocycles. The second-order valence-corrected chi connectivity index (χ2v) is 6.70. The van der Waals surface area contributed by atoms with E-state index in [1.807, 2.05) is 6.07 Å². The fourth-order valence-corrected chi connectivity index (χ4v) is 3.55. The lowest BCUT2D eigenvalue weighted by atomic mass is 9.88. The van der Waals surface area contributed by atoms with Gasteiger partial charge < -0.3 is 5.73 Å². The van der Waals surface area contributed by atoms with Gasteiger partial charge in [-0.05, 0) is 30.0 Å². The predicted molar refractivity (Wildman–Crippen MR) is 103 cm³/mol. The van der Waals surface area contributed by atoms with E-state index < -0.39 is 16.4 Å². The highest BCUT2D eigenvalue weighted by molar-refractivity contribution is 5.99. The molecule has 0 saturated heterocycles. The standard InChI is InChI=1S/C21H16FN3O3/c22-20-16(4-2-5-18(20)25(27)28)14-10-17(21(23)24-11-14)13-7-8-15-12(9-13)3-1-6-19(15)26/h2,4-5,7-11H,1,3,6H2,(H2,23,24). The Bertz CT molecular complexity index is 1130. The van der Waals surface area contributed by atoms with Crippen LogP contribution in [0, 0.1) is 15.9 Å². The number of anilines is 1. The largest absolute Gasteiger partial charge is 0.383 e. The molecule has 0 spiro atoms. The molecule has 1 aliphatic carbocycles. The Kier molecular flexibility index (Phi) is 4.35. The van der Waals surface area contributed by atoms with Crippen LogP contribution in [0.4, 0.5) is 15.9 Å². The van der Waals surface area contributed by atoms with Crippen molar-refractivity contribution in [3.63, 3.8) is 0 Å². The number of nitro benzene ring substituents is 1. The first kappa shape index (κ1) is 17.8. The molecule has 0 bridgehead atoms. The molecule has 2 N–H and O–H groups in total. The summed E-state index contributed by atoms with van der Waals surface area (Å²) in [6.07, 6.45) is 3.56. The van der Waals surface area contributed by atoms with Crippen molar-refractivity contribution >= 4 is 17.3 Å². The van der Waals surface area contributed by atoms with Crippen LogP contribution < -0.4 is 5.73 Å². The van der Waals surface area contributed by atoms with E-state index >= 15 is 0 Å². The third-order valence-corrected chi connectivity index (χ3v) is 4.97. The van der Waals surface area contributed by atoms with Crippen molar-refractivity contribution in [1.82, 2.24) is 4.98 Å². The molecular formula is C21H16FN3O3. The molecule has 7 heteroatoms. The number of halogens is 1. The predicted octanol–water partition coefficient (Wildman–Crippen LogP) is 4.56. The number of nitrogens with zero attached hydrogens (tertiary/aromatic N) is 2. The maximum absolute atomic E-state index is 14.6. The molecular weight excluding hydrogens is 361 g/mol. The number of aromatic nitrogens is 1. The maximum Gasteiger partial charge on any atom is 0.305 e. The smallest absolute Gasteiger partial charge is 0.305 e. The molecule has 2 aromatic carbocycles. The second kappa shape index (κ2) is 6.84. The highest BCUT2D eigenvalue weighted by Gasteiger charge is 2.21. The molecule has 140 valence electrons. The van der Waals surface area contributed by atoms with Gasteiger partial charge in [-0.2, -0.15) is 4.39 Å². The van der Waals surface area contributed by atoms with Gasteiger partial charge in [0.2, 0.25) is 5.82 Å². The summed E-state index contributed by atoms with van der Waals surface area (Å²) in [6.45, 7) is 0. The summed E-state index contributed by atoms with van der Waals surface area (Å²) in [5.74, 6) is -0.524. The molecule has 0 amide bonds. The number of rotatable bonds is 3. The van der Waals surface area contributed by atoms with Crippen LogP contribution in [0.15, 0.2) is 48.7 Å². The van der Waals surface area contributed by atoms with Crippen molar-refractivity contribution in [2.45, 2.75) is 19.3 Å². The minimum Gasteiger partial charge on any atom is -0.383 e. The molecule has 6 nitrogen and oxygen atoms in total. The number of carbonyl (C=O) groups is 1. The molecule has 0 aliphatic heterocycles. The SMILES string of the molecule is Nc1ncc(-c2cccc([N+](=O)[O-])c2F)cc1-c1ccc2c(c1)CCCC2=O. The monoisotopic (exact) mass is 377 g/mol. The van der Waals surface area contributed by atoms with Gasteiger partial charge in [0.05, 0.1) is 4.92 Å². The number of nitro groups is 1. The molecule has 28 heavy (non-hydrogen) atoms. The normalized spacial score (nSPS) is 13.2. The van der Waals surface area contributed by atoms with Crippen molar-refractivity contribution in [3.8, 4) is 22.3 Å². The van der Waals surface area contributed by atoms with Gasteiger partial charge in [-0.3, -0.25) is 14.9 Å². The van der Waals surface area contributed by atoms with E-state index in [9.17, 15) is 19.3 Å². The molecule has 0 fully saturated rings. The minimum atomic E-state index is -0.916. The fourth-order valence-electron chi connectivity index (χ4n) is 3.55. The molecule has 3 aromatic rings. The minimum absolute atomic E-state index is 0.0797. The van der Waals surface area contributed by atoms with Gasteiger partial charge in [0.15, 0.2) is 5.78 Å². The lowest BCUT2D eigenvalue weighted by molar-refractivity contribution is -0.387. The van der Waals surface area contributed by atoms with Crippen molar-refractivity contribution in [2.75, 3.05) is 5.73 Å². The average Bonchev–Trinajstić information content (AvgIpc) is 2.68. The summed E-state index contributed by atoms with van der Waals surface area (Å²) in [6, 6.07) is 11.2. The number of pyridine rings is 1. The van der Waals surface area contributed by atoms with Crippen molar-refractivity contribution in [1.29, 1.82) is 0 Å². The number of carbonyl (C=O) groups excluding carboxylic acids is 1. The first-order valence-electron chi connectivity index (χ1n) is 8.81. The van der Waals surface area contributed by atoms with Crippen LogP contribution in [0.5, 0.6) is 0 Å². The zero-order valence-corrected chi connectivity index (χ0v) is 14.8. The van der Waals surface area contributed by atoms with E-state index in [4.69, 9.17) is 5.73 Å². The summed E-state index contributed by atoms with van der Waals surface area (Å²) in [4.78, 5) is 26.4. The Balaban J connectivity index is 1.82. The molecule has 0 saturated carbocycles. The Morgan fingerprint density at radius 3 is 2.64 bits per heavy atom. The molecule has 1 aliphatic rings. The lowest BCUT2D eigenvalue weighted by Gasteiger charge is -2.16. The Labute approximate surface area is 160 Å². The number of benzene rings is 2. The molecule has 1 heterocycles. The van der Waals surface area contributed by atoms with Gasteiger partial charge in [0.25, 0.3) is 0 Å². The van der Waals surface area contributed by atoms with Crippen LogP contribution in [0.1, 0.15) is 28.8 Å². The van der Waals surface area contributed by atoms with Gasteiger partial charge >= 0.3 is 5.69 Å². The van der Waals surface area contributed by atoms with E-state index in [0.717, 1.165) is 35.6 Å². The summed E-state index contributed by atoms with van der Waals surface area (Å²) in [5, 5.41) is 11.0. The van der Waals surface area contributed by atoms with E-state index in [2.05, 4.69) is 4.98 Å². The van der Waals surface area contributed by atoms with Crippen LogP contribution in [0.3, 0.4) is 0 Å². The van der Waals surface area contributed by atoms with E-state index in [0.29, 0.717) is 17.5 Å². The molecule has 0 radical (unpaired) electrons. The molecule has 0 atom stereocenters. The van der Waals surface area contributed by atoms with Crippen LogP contribution in [0.25, 0.3) is 22.3 Å². The number of hydrogen-bond acceptors (Lipinski definition) is 5. The fraction of sp³-hybridized carbons (Fsp3) is 0.143. The van der Waals surface area contributed by atoms with Crippen LogP contribution in [-0.4, -0.2) is 15.7 Å². The van der Waals surface area contributed by atoms with Crippen molar-refractivity contribution in [3.05, 3.63) is 75.7 Å². The number of fused-ring (bicyclic) bond motifs is 1. The van der Waals surface area contributed by atoms with Gasteiger partial charge in [-0.1, -0.05) is 30.3 Å². The topological polar surface area (TPSA) is 99.1 Å². The first-order valence-corrected chi connectivity index (χ1v) is 8.81. The highest BCUT2D eigenvalue weighted by Crippen LogP contribution is 2.34. The zero-order valence-electron chi connectivity index (χ0n) is 14.8. The number of aryl methyl sites for hydroxylation is 1. The van der Waals surface area contributed by atoms with Crippen LogP contribution in [0.2, 0.25) is 0 Å². The molecule has 0 unspecified atom stereocenters. The number of nitrogens with two attached hydrogens (primary N) is 1. The summed E-state index contributed by atoms with van der Waals surface area (Å²) in [5.41, 5.74) is 8.95. The quantitative estimate of drug-likeness (QED) is 0.533. The van der Waals surface area contributed by atoms with E-state index in [-0.39, 0.29) is 17.2 Å². The Morgan fingerprint density at radius 2 is 1.86 bits per heavy atom. The summed E-state index contributed by atoms with van der Waals surface area (Å²) in [7, 11) is 0. The summed E-state index contributed by atoms with van der Waals surface area (Å²) >= 11 is 0. The lowest BCUT2D eigenvalue weighted by Crippen LogP contribution is -2.10. The first-order chi connectivity index (χ1) is 13.5. The van der Waals surface area contributed by atoms with Gasteiger partial charge in [0.1, 0.15) is 5.82 Å². The Hall–Kier alpha value is -3.61. The summed E-state index contributed by atoms with van der Waals surface area (Å²) < 4.78 is 14.6. The number of hydrogen-bond donors (Lipinski definition) is 1. The van der Waals surface area contributed by atoms with Gasteiger partial charge in [-0.15, -0.1) is 0 Å². The zero-order chi connectivity index (χ0) is 19.8. The Morgan fingerprint density at radius 1 is 1.04 bits per heavy atom. The average molecular weight is 377 g/mol. The van der Waals surface area contributed by atoms with Crippen LogP contribution in [-0.2, 0) is 6.42 Å². The number of ketones is 1. The third kappa shape index (κ3) is 3.00. The van der Waals surface area contributed by atoms with Gasteiger partial charge in [-0.25, -0.2) is 4.98 Å². The van der Waals surface area contributed by atoms with Crippen molar-refractivity contribution < 1.29 is 14.1 Å². The van der Waals surface area contributed by atoms with E-state index in [1.54, 1.807) is 18.2 Å². The second-order valence-electron chi connectivity index (χ2n) is 6.70. The van der Waals surface area contributed by atoms with E-state index in [1.165, 1.54) is 18.3 Å².